The van der Waals surface area contributed by atoms with Crippen LogP contribution in [0.4, 0.5) is 0 Å². The van der Waals surface area contributed by atoms with Gasteiger partial charge in [-0.2, -0.15) is 5.10 Å². The maximum atomic E-state index is 11.8. The summed E-state index contributed by atoms with van der Waals surface area (Å²) in [6.45, 7) is 4.62. The highest BCUT2D eigenvalue weighted by atomic mass is 32.2. The second-order valence-corrected chi connectivity index (χ2v) is 6.09. The summed E-state index contributed by atoms with van der Waals surface area (Å²) in [5, 5.41) is 7.25. The van der Waals surface area contributed by atoms with Gasteiger partial charge in [0.1, 0.15) is 4.90 Å². The number of nitrogens with one attached hydrogen (secondary N) is 1. The van der Waals surface area contributed by atoms with Gasteiger partial charge >= 0.3 is 0 Å². The predicted octanol–water partition coefficient (Wildman–Crippen LogP) is 0.133. The molecule has 0 bridgehead atoms. The number of hydrogen-bond donors (Lipinski definition) is 1. The molecule has 0 saturated heterocycles. The second-order valence-electron chi connectivity index (χ2n) is 3.93. The number of nitrogens with zero attached hydrogens (tertiary/aromatic N) is 3. The predicted molar refractivity (Wildman–Crippen MR) is 66.3 cm³/mol. The fourth-order valence-electron chi connectivity index (χ4n) is 1.35. The average Bonchev–Trinajstić information content (AvgIpc) is 2.73. The largest absolute Gasteiger partial charge is 0.317 e. The zero-order valence-electron chi connectivity index (χ0n) is 10.5. The van der Waals surface area contributed by atoms with Crippen LogP contribution >= 0.6 is 0 Å². The average molecular weight is 260 g/mol. The summed E-state index contributed by atoms with van der Waals surface area (Å²) in [4.78, 5) is 0.242. The van der Waals surface area contributed by atoms with Crippen molar-refractivity contribution in [3.8, 4) is 0 Å². The molecule has 1 heterocycles. The van der Waals surface area contributed by atoms with Crippen LogP contribution in [0.2, 0.25) is 0 Å². The van der Waals surface area contributed by atoms with Gasteiger partial charge in [0.2, 0.25) is 10.0 Å². The molecule has 7 heteroatoms. The summed E-state index contributed by atoms with van der Waals surface area (Å²) in [6.07, 6.45) is 3.89. The molecule has 1 aromatic heterocycles. The van der Waals surface area contributed by atoms with Crippen molar-refractivity contribution in [2.45, 2.75) is 24.8 Å². The third-order valence-electron chi connectivity index (χ3n) is 2.38. The Labute approximate surface area is 103 Å². The number of aryl methyl sites for hydroxylation is 1. The first-order valence-corrected chi connectivity index (χ1v) is 7.08. The van der Waals surface area contributed by atoms with E-state index >= 15 is 0 Å². The Kier molecular flexibility index (Phi) is 5.10. The van der Waals surface area contributed by atoms with Gasteiger partial charge in [0, 0.05) is 26.8 Å². The van der Waals surface area contributed by atoms with Crippen LogP contribution in [0.25, 0.3) is 0 Å². The van der Waals surface area contributed by atoms with Crippen LogP contribution in [0.3, 0.4) is 0 Å². The third-order valence-corrected chi connectivity index (χ3v) is 4.15. The number of aromatic nitrogens is 2. The quantitative estimate of drug-likeness (QED) is 0.708. The van der Waals surface area contributed by atoms with Crippen LogP contribution in [0, 0.1) is 0 Å². The number of sulfonamides is 1. The van der Waals surface area contributed by atoms with Crippen molar-refractivity contribution in [3.63, 3.8) is 0 Å². The van der Waals surface area contributed by atoms with Crippen LogP contribution in [-0.4, -0.2) is 49.7 Å². The monoisotopic (exact) mass is 260 g/mol. The molecule has 0 fully saturated rings. The highest BCUT2D eigenvalue weighted by Crippen LogP contribution is 2.11. The van der Waals surface area contributed by atoms with Crippen LogP contribution in [0.1, 0.15) is 13.3 Å². The summed E-state index contributed by atoms with van der Waals surface area (Å²) in [7, 11) is -0.333. The van der Waals surface area contributed by atoms with Gasteiger partial charge in [-0.15, -0.1) is 0 Å². The van der Waals surface area contributed by atoms with E-state index in [-0.39, 0.29) is 4.90 Å². The summed E-state index contributed by atoms with van der Waals surface area (Å²) in [6, 6.07) is 0. The van der Waals surface area contributed by atoms with Crippen LogP contribution in [0.5, 0.6) is 0 Å². The molecule has 0 saturated carbocycles. The standard InChI is InChI=1S/C10H20N4O2S/c1-4-11-6-5-7-14-9-10(8-12-14)17(15,16)13(2)3/h8-9,11H,4-7H2,1-3H3. The Balaban J connectivity index is 2.60. The second kappa shape index (κ2) is 6.13. The van der Waals surface area contributed by atoms with E-state index in [2.05, 4.69) is 17.3 Å². The van der Waals surface area contributed by atoms with E-state index in [9.17, 15) is 8.42 Å². The molecule has 0 atom stereocenters. The molecule has 0 spiro atoms. The first kappa shape index (κ1) is 14.1. The van der Waals surface area contributed by atoms with E-state index in [4.69, 9.17) is 0 Å². The molecule has 1 aromatic rings. The molecule has 6 nitrogen and oxygen atoms in total. The minimum Gasteiger partial charge on any atom is -0.317 e. The molecule has 1 rings (SSSR count). The SMILES string of the molecule is CCNCCCn1cc(S(=O)(=O)N(C)C)cn1. The Hall–Kier alpha value is -0.920. The minimum atomic E-state index is -3.36. The van der Waals surface area contributed by atoms with Crippen molar-refractivity contribution >= 4 is 10.0 Å². The van der Waals surface area contributed by atoms with E-state index in [0.717, 1.165) is 26.1 Å². The topological polar surface area (TPSA) is 67.2 Å². The van der Waals surface area contributed by atoms with Gasteiger partial charge in [0.05, 0.1) is 6.20 Å². The number of hydrogen-bond acceptors (Lipinski definition) is 4. The molecule has 0 unspecified atom stereocenters. The Morgan fingerprint density at radius 3 is 2.76 bits per heavy atom. The molecule has 0 aromatic carbocycles. The van der Waals surface area contributed by atoms with E-state index < -0.39 is 10.0 Å². The lowest BCUT2D eigenvalue weighted by Gasteiger charge is -2.08. The smallest absolute Gasteiger partial charge is 0.245 e. The Bertz CT molecular complexity index is 439. The van der Waals surface area contributed by atoms with Crippen LogP contribution in [0.15, 0.2) is 17.3 Å². The number of rotatable bonds is 7. The zero-order chi connectivity index (χ0) is 12.9. The van der Waals surface area contributed by atoms with Gasteiger partial charge in [-0.05, 0) is 19.5 Å². The first-order chi connectivity index (χ1) is 7.98. The molecule has 0 amide bonds. The molecule has 17 heavy (non-hydrogen) atoms. The molecule has 0 aliphatic rings. The van der Waals surface area contributed by atoms with Crippen molar-refractivity contribution in [3.05, 3.63) is 12.4 Å². The van der Waals surface area contributed by atoms with Gasteiger partial charge in [0.25, 0.3) is 0 Å². The third kappa shape index (κ3) is 3.79. The molecule has 1 N–H and O–H groups in total. The summed E-state index contributed by atoms with van der Waals surface area (Å²) >= 11 is 0. The van der Waals surface area contributed by atoms with Gasteiger partial charge in [-0.25, -0.2) is 12.7 Å². The Morgan fingerprint density at radius 1 is 1.47 bits per heavy atom. The molecule has 0 aliphatic carbocycles. The van der Waals surface area contributed by atoms with Crippen molar-refractivity contribution < 1.29 is 8.42 Å². The first-order valence-electron chi connectivity index (χ1n) is 5.64. The lowest BCUT2D eigenvalue weighted by molar-refractivity contribution is 0.519. The summed E-state index contributed by atoms with van der Waals surface area (Å²) in [5.41, 5.74) is 0. The zero-order valence-corrected chi connectivity index (χ0v) is 11.4. The molecule has 0 radical (unpaired) electrons. The van der Waals surface area contributed by atoms with Gasteiger partial charge < -0.3 is 5.32 Å². The van der Waals surface area contributed by atoms with Crippen molar-refractivity contribution in [1.29, 1.82) is 0 Å². The fraction of sp³-hybridized carbons (Fsp3) is 0.700. The molecule has 98 valence electrons. The Morgan fingerprint density at radius 2 is 2.18 bits per heavy atom. The summed E-state index contributed by atoms with van der Waals surface area (Å²) < 4.78 is 26.4. The minimum absolute atomic E-state index is 0.242. The van der Waals surface area contributed by atoms with Gasteiger partial charge in [0.15, 0.2) is 0 Å². The van der Waals surface area contributed by atoms with Gasteiger partial charge in [-0.3, -0.25) is 4.68 Å². The normalized spacial score (nSPS) is 12.2. The maximum absolute atomic E-state index is 11.8. The highest BCUT2D eigenvalue weighted by Gasteiger charge is 2.18. The van der Waals surface area contributed by atoms with Gasteiger partial charge in [-0.1, -0.05) is 6.92 Å². The fourth-order valence-corrected chi connectivity index (χ4v) is 2.21. The van der Waals surface area contributed by atoms with Crippen molar-refractivity contribution in [2.24, 2.45) is 0 Å². The maximum Gasteiger partial charge on any atom is 0.245 e. The lowest BCUT2D eigenvalue weighted by atomic mass is 10.4. The van der Waals surface area contributed by atoms with E-state index in [1.54, 1.807) is 10.9 Å². The van der Waals surface area contributed by atoms with E-state index in [0.29, 0.717) is 0 Å². The van der Waals surface area contributed by atoms with E-state index in [1.165, 1.54) is 24.6 Å². The molecular weight excluding hydrogens is 240 g/mol. The van der Waals surface area contributed by atoms with E-state index in [1.807, 2.05) is 0 Å². The molecular formula is C10H20N4O2S. The van der Waals surface area contributed by atoms with Crippen LogP contribution < -0.4 is 5.32 Å². The lowest BCUT2D eigenvalue weighted by Crippen LogP contribution is -2.21. The highest BCUT2D eigenvalue weighted by molar-refractivity contribution is 7.89. The van der Waals surface area contributed by atoms with Crippen LogP contribution in [-0.2, 0) is 16.6 Å². The van der Waals surface area contributed by atoms with Crippen molar-refractivity contribution in [1.82, 2.24) is 19.4 Å². The summed E-state index contributed by atoms with van der Waals surface area (Å²) in [5.74, 6) is 0. The molecule has 0 aliphatic heterocycles. The van der Waals surface area contributed by atoms with Crippen molar-refractivity contribution in [2.75, 3.05) is 27.2 Å².